The van der Waals surface area contributed by atoms with E-state index < -0.39 is 18.9 Å². The van der Waals surface area contributed by atoms with Crippen LogP contribution in [0.15, 0.2) is 0 Å². The van der Waals surface area contributed by atoms with Gasteiger partial charge >= 0.3 is 6.18 Å². The lowest BCUT2D eigenvalue weighted by molar-refractivity contribution is -0.185. The zero-order valence-corrected chi connectivity index (χ0v) is 8.82. The average molecular weight is 213 g/mol. The van der Waals surface area contributed by atoms with Gasteiger partial charge in [0.15, 0.2) is 0 Å². The molecule has 0 fully saturated rings. The van der Waals surface area contributed by atoms with E-state index in [-0.39, 0.29) is 6.04 Å². The Labute approximate surface area is 82.8 Å². The minimum Gasteiger partial charge on any atom is -0.367 e. The van der Waals surface area contributed by atoms with E-state index in [4.69, 9.17) is 0 Å². The van der Waals surface area contributed by atoms with E-state index in [1.165, 1.54) is 0 Å². The molecule has 2 unspecified atom stereocenters. The summed E-state index contributed by atoms with van der Waals surface area (Å²) in [7, 11) is 0. The van der Waals surface area contributed by atoms with Crippen molar-refractivity contribution in [3.63, 3.8) is 0 Å². The van der Waals surface area contributed by atoms with E-state index in [1.54, 1.807) is 6.92 Å². The fourth-order valence-electron chi connectivity index (χ4n) is 0.908. The summed E-state index contributed by atoms with van der Waals surface area (Å²) in [6, 6.07) is -0.0581. The molecule has 0 aromatic heterocycles. The predicted molar refractivity (Wildman–Crippen MR) is 49.2 cm³/mol. The van der Waals surface area contributed by atoms with Gasteiger partial charge in [-0.1, -0.05) is 6.92 Å². The van der Waals surface area contributed by atoms with Gasteiger partial charge in [-0.2, -0.15) is 13.2 Å². The number of hydrogen-bond donors (Lipinski definition) is 1. The molecule has 0 amide bonds. The fraction of sp³-hybridized carbons (Fsp3) is 1.00. The van der Waals surface area contributed by atoms with E-state index in [9.17, 15) is 13.2 Å². The van der Waals surface area contributed by atoms with Crippen molar-refractivity contribution >= 4 is 0 Å². The van der Waals surface area contributed by atoms with Crippen molar-refractivity contribution in [2.45, 2.75) is 45.5 Å². The lowest BCUT2D eigenvalue weighted by atomic mass is 10.2. The molecule has 14 heavy (non-hydrogen) atoms. The molecule has 0 rings (SSSR count). The summed E-state index contributed by atoms with van der Waals surface area (Å²) < 4.78 is 40.0. The standard InChI is InChI=1S/C9H18F3NO/c1-4-5-13-7(2)8(3)14-6-9(10,11)12/h7-8,13H,4-6H2,1-3H3. The molecular weight excluding hydrogens is 195 g/mol. The van der Waals surface area contributed by atoms with Crippen LogP contribution in [0.1, 0.15) is 27.2 Å². The second kappa shape index (κ2) is 6.24. The molecule has 0 saturated heterocycles. The summed E-state index contributed by atoms with van der Waals surface area (Å²) in [5.74, 6) is 0. The maximum atomic E-state index is 11.8. The Morgan fingerprint density at radius 2 is 1.86 bits per heavy atom. The van der Waals surface area contributed by atoms with Gasteiger partial charge in [0.25, 0.3) is 0 Å². The molecule has 0 heterocycles. The average Bonchev–Trinajstić information content (AvgIpc) is 2.09. The molecule has 0 saturated carbocycles. The Morgan fingerprint density at radius 1 is 1.29 bits per heavy atom. The Kier molecular flexibility index (Phi) is 6.11. The summed E-state index contributed by atoms with van der Waals surface area (Å²) in [5, 5.41) is 3.08. The van der Waals surface area contributed by atoms with Gasteiger partial charge in [0.2, 0.25) is 0 Å². The zero-order valence-electron chi connectivity index (χ0n) is 8.82. The third-order valence-corrected chi connectivity index (χ3v) is 1.93. The van der Waals surface area contributed by atoms with Gasteiger partial charge in [-0.15, -0.1) is 0 Å². The first-order valence-corrected chi connectivity index (χ1v) is 4.78. The Morgan fingerprint density at radius 3 is 2.29 bits per heavy atom. The summed E-state index contributed by atoms with van der Waals surface area (Å²) in [4.78, 5) is 0. The minimum atomic E-state index is -4.24. The molecule has 2 atom stereocenters. The molecular formula is C9H18F3NO. The smallest absolute Gasteiger partial charge is 0.367 e. The lowest BCUT2D eigenvalue weighted by Gasteiger charge is -2.22. The van der Waals surface area contributed by atoms with Crippen LogP contribution in [0.2, 0.25) is 0 Å². The first kappa shape index (κ1) is 13.7. The van der Waals surface area contributed by atoms with E-state index in [1.807, 2.05) is 13.8 Å². The quantitative estimate of drug-likeness (QED) is 0.731. The van der Waals surface area contributed by atoms with Crippen molar-refractivity contribution in [1.82, 2.24) is 5.32 Å². The maximum absolute atomic E-state index is 11.8. The summed E-state index contributed by atoms with van der Waals surface area (Å²) in [6.45, 7) is 5.07. The van der Waals surface area contributed by atoms with Crippen LogP contribution in [0.5, 0.6) is 0 Å². The Balaban J connectivity index is 3.67. The molecule has 0 spiro atoms. The van der Waals surface area contributed by atoms with E-state index in [0.29, 0.717) is 0 Å². The molecule has 5 heteroatoms. The van der Waals surface area contributed by atoms with Crippen LogP contribution in [-0.2, 0) is 4.74 Å². The number of halogens is 3. The van der Waals surface area contributed by atoms with Gasteiger partial charge < -0.3 is 10.1 Å². The second-order valence-electron chi connectivity index (χ2n) is 3.37. The van der Waals surface area contributed by atoms with Crippen molar-refractivity contribution in [3.05, 3.63) is 0 Å². The molecule has 0 aromatic rings. The van der Waals surface area contributed by atoms with Gasteiger partial charge in [-0.25, -0.2) is 0 Å². The highest BCUT2D eigenvalue weighted by Gasteiger charge is 2.29. The van der Waals surface area contributed by atoms with Crippen LogP contribution >= 0.6 is 0 Å². The van der Waals surface area contributed by atoms with Gasteiger partial charge in [0.05, 0.1) is 6.10 Å². The molecule has 0 radical (unpaired) electrons. The van der Waals surface area contributed by atoms with Crippen LogP contribution in [0.3, 0.4) is 0 Å². The van der Waals surface area contributed by atoms with Gasteiger partial charge in [0, 0.05) is 6.04 Å². The zero-order chi connectivity index (χ0) is 11.2. The minimum absolute atomic E-state index is 0.0581. The van der Waals surface area contributed by atoms with Crippen molar-refractivity contribution in [2.75, 3.05) is 13.2 Å². The number of nitrogens with one attached hydrogen (secondary N) is 1. The van der Waals surface area contributed by atoms with Crippen molar-refractivity contribution in [2.24, 2.45) is 0 Å². The normalized spacial score (nSPS) is 16.7. The summed E-state index contributed by atoms with van der Waals surface area (Å²) in [6.07, 6.45) is -3.71. The fourth-order valence-corrected chi connectivity index (χ4v) is 0.908. The Bertz CT molecular complexity index is 149. The van der Waals surface area contributed by atoms with Gasteiger partial charge in [0.1, 0.15) is 6.61 Å². The molecule has 0 aliphatic carbocycles. The molecule has 0 aliphatic heterocycles. The largest absolute Gasteiger partial charge is 0.411 e. The van der Waals surface area contributed by atoms with Crippen LogP contribution in [-0.4, -0.2) is 31.5 Å². The SMILES string of the molecule is CCCNC(C)C(C)OCC(F)(F)F. The topological polar surface area (TPSA) is 21.3 Å². The third-order valence-electron chi connectivity index (χ3n) is 1.93. The molecule has 1 N–H and O–H groups in total. The Hall–Kier alpha value is -0.290. The number of alkyl halides is 3. The van der Waals surface area contributed by atoms with E-state index in [2.05, 4.69) is 10.1 Å². The molecule has 0 aliphatic rings. The summed E-state index contributed by atoms with van der Waals surface area (Å²) >= 11 is 0. The number of ether oxygens (including phenoxy) is 1. The van der Waals surface area contributed by atoms with Crippen molar-refractivity contribution in [3.8, 4) is 0 Å². The van der Waals surface area contributed by atoms with Crippen LogP contribution < -0.4 is 5.32 Å². The monoisotopic (exact) mass is 213 g/mol. The van der Waals surface area contributed by atoms with Crippen LogP contribution in [0.4, 0.5) is 13.2 Å². The lowest BCUT2D eigenvalue weighted by Crippen LogP contribution is -2.39. The van der Waals surface area contributed by atoms with E-state index >= 15 is 0 Å². The molecule has 0 bridgehead atoms. The third kappa shape index (κ3) is 7.15. The first-order chi connectivity index (χ1) is 6.37. The van der Waals surface area contributed by atoms with Crippen molar-refractivity contribution in [1.29, 1.82) is 0 Å². The van der Waals surface area contributed by atoms with E-state index in [0.717, 1.165) is 13.0 Å². The van der Waals surface area contributed by atoms with Crippen molar-refractivity contribution < 1.29 is 17.9 Å². The second-order valence-corrected chi connectivity index (χ2v) is 3.37. The van der Waals surface area contributed by atoms with Gasteiger partial charge in [-0.05, 0) is 26.8 Å². The predicted octanol–water partition coefficient (Wildman–Crippen LogP) is 2.34. The van der Waals surface area contributed by atoms with Crippen LogP contribution in [0, 0.1) is 0 Å². The molecule has 0 aromatic carbocycles. The maximum Gasteiger partial charge on any atom is 0.411 e. The highest BCUT2D eigenvalue weighted by molar-refractivity contribution is 4.68. The summed E-state index contributed by atoms with van der Waals surface area (Å²) in [5.41, 5.74) is 0. The molecule has 86 valence electrons. The van der Waals surface area contributed by atoms with Gasteiger partial charge in [-0.3, -0.25) is 0 Å². The first-order valence-electron chi connectivity index (χ1n) is 4.78. The number of rotatable bonds is 6. The number of hydrogen-bond acceptors (Lipinski definition) is 2. The van der Waals surface area contributed by atoms with Crippen LogP contribution in [0.25, 0.3) is 0 Å². The highest BCUT2D eigenvalue weighted by atomic mass is 19.4. The molecule has 2 nitrogen and oxygen atoms in total. The highest BCUT2D eigenvalue weighted by Crippen LogP contribution is 2.16.